The number of aliphatic hydroxyl groups is 1. The number of sulfonamides is 1. The van der Waals surface area contributed by atoms with Crippen molar-refractivity contribution in [1.29, 1.82) is 0 Å². The first-order chi connectivity index (χ1) is 9.91. The Balaban J connectivity index is 2.24. The molecule has 6 nitrogen and oxygen atoms in total. The van der Waals surface area contributed by atoms with Crippen LogP contribution in [0.25, 0.3) is 0 Å². The van der Waals surface area contributed by atoms with Crippen LogP contribution < -0.4 is 0 Å². The second-order valence-corrected chi connectivity index (χ2v) is 7.30. The van der Waals surface area contributed by atoms with Crippen LogP contribution in [0.2, 0.25) is 0 Å². The second kappa shape index (κ2) is 6.48. The predicted molar refractivity (Wildman–Crippen MR) is 79.6 cm³/mol. The van der Waals surface area contributed by atoms with Crippen molar-refractivity contribution in [2.45, 2.75) is 38.7 Å². The van der Waals surface area contributed by atoms with E-state index in [1.54, 1.807) is 13.8 Å². The van der Waals surface area contributed by atoms with Gasteiger partial charge in [0, 0.05) is 31.7 Å². The average Bonchev–Trinajstić information content (AvgIpc) is 2.74. The van der Waals surface area contributed by atoms with E-state index in [2.05, 4.69) is 11.8 Å². The Bertz CT molecular complexity index is 586. The molecular weight excluding hydrogens is 292 g/mol. The molecule has 0 amide bonds. The number of piperazine rings is 1. The Morgan fingerprint density at radius 2 is 1.76 bits per heavy atom. The summed E-state index contributed by atoms with van der Waals surface area (Å²) >= 11 is 0. The van der Waals surface area contributed by atoms with Gasteiger partial charge in [0.2, 0.25) is 10.0 Å². The summed E-state index contributed by atoms with van der Waals surface area (Å²) in [4.78, 5) is 2.42. The quantitative estimate of drug-likeness (QED) is 0.881. The van der Waals surface area contributed by atoms with Gasteiger partial charge in [-0.2, -0.15) is 4.31 Å². The maximum absolute atomic E-state index is 12.8. The van der Waals surface area contributed by atoms with Gasteiger partial charge in [0.15, 0.2) is 0 Å². The normalized spacial score (nSPS) is 18.3. The van der Waals surface area contributed by atoms with Gasteiger partial charge in [-0.25, -0.2) is 8.42 Å². The molecule has 1 N–H and O–H groups in total. The van der Waals surface area contributed by atoms with Gasteiger partial charge in [-0.1, -0.05) is 6.92 Å². The van der Waals surface area contributed by atoms with Gasteiger partial charge in [-0.05, 0) is 26.8 Å². The molecule has 21 heavy (non-hydrogen) atoms. The van der Waals surface area contributed by atoms with Crippen molar-refractivity contribution in [2.24, 2.45) is 0 Å². The molecule has 0 saturated carbocycles. The summed E-state index contributed by atoms with van der Waals surface area (Å²) < 4.78 is 32.5. The van der Waals surface area contributed by atoms with Crippen LogP contribution in [0.5, 0.6) is 0 Å². The minimum Gasteiger partial charge on any atom is -0.465 e. The third-order valence-corrected chi connectivity index (χ3v) is 6.05. The van der Waals surface area contributed by atoms with Crippen LogP contribution in [-0.2, 0) is 16.6 Å². The molecule has 7 heteroatoms. The van der Waals surface area contributed by atoms with Crippen molar-refractivity contribution in [1.82, 2.24) is 9.21 Å². The fourth-order valence-electron chi connectivity index (χ4n) is 2.87. The standard InChI is InChI=1S/C14H24N2O4S/c1-4-5-15-6-8-16(9-7-15)21(18,19)14-12(3)20-11(2)13(14)10-17/h17H,4-10H2,1-3H3. The van der Waals surface area contributed by atoms with E-state index >= 15 is 0 Å². The number of hydrogen-bond acceptors (Lipinski definition) is 5. The number of rotatable bonds is 5. The van der Waals surface area contributed by atoms with Crippen LogP contribution in [0.3, 0.4) is 0 Å². The number of nitrogens with zero attached hydrogens (tertiary/aromatic N) is 2. The first-order valence-corrected chi connectivity index (χ1v) is 8.78. The fourth-order valence-corrected chi connectivity index (χ4v) is 4.70. The summed E-state index contributed by atoms with van der Waals surface area (Å²) in [7, 11) is -3.60. The third kappa shape index (κ3) is 3.15. The van der Waals surface area contributed by atoms with Crippen molar-refractivity contribution in [2.75, 3.05) is 32.7 Å². The summed E-state index contributed by atoms with van der Waals surface area (Å²) in [6, 6.07) is 0. The van der Waals surface area contributed by atoms with Crippen molar-refractivity contribution in [3.05, 3.63) is 17.1 Å². The molecule has 1 aromatic rings. The van der Waals surface area contributed by atoms with Crippen molar-refractivity contribution >= 4 is 10.0 Å². The number of hydrogen-bond donors (Lipinski definition) is 1. The van der Waals surface area contributed by atoms with Gasteiger partial charge in [0.05, 0.1) is 6.61 Å². The maximum atomic E-state index is 12.8. The van der Waals surface area contributed by atoms with Crippen molar-refractivity contribution in [3.63, 3.8) is 0 Å². The highest BCUT2D eigenvalue weighted by molar-refractivity contribution is 7.89. The molecule has 120 valence electrons. The Labute approximate surface area is 126 Å². The zero-order chi connectivity index (χ0) is 15.6. The van der Waals surface area contributed by atoms with E-state index < -0.39 is 10.0 Å². The summed E-state index contributed by atoms with van der Waals surface area (Å²) in [6.07, 6.45) is 1.07. The fraction of sp³-hybridized carbons (Fsp3) is 0.714. The van der Waals surface area contributed by atoms with Crippen LogP contribution in [0.4, 0.5) is 0 Å². The number of furan rings is 1. The van der Waals surface area contributed by atoms with Gasteiger partial charge in [-0.15, -0.1) is 0 Å². The Morgan fingerprint density at radius 1 is 1.14 bits per heavy atom. The van der Waals surface area contributed by atoms with E-state index in [1.165, 1.54) is 4.31 Å². The predicted octanol–water partition coefficient (Wildman–Crippen LogP) is 1.11. The minimum absolute atomic E-state index is 0.145. The Morgan fingerprint density at radius 3 is 2.29 bits per heavy atom. The molecule has 1 saturated heterocycles. The van der Waals surface area contributed by atoms with Crippen LogP contribution in [-0.4, -0.2) is 55.5 Å². The summed E-state index contributed by atoms with van der Waals surface area (Å²) in [5, 5.41) is 9.44. The minimum atomic E-state index is -3.60. The molecule has 0 aromatic carbocycles. The molecule has 1 aromatic heterocycles. The lowest BCUT2D eigenvalue weighted by Gasteiger charge is -2.33. The van der Waals surface area contributed by atoms with E-state index in [4.69, 9.17) is 4.42 Å². The molecule has 1 aliphatic heterocycles. The van der Waals surface area contributed by atoms with Crippen LogP contribution in [0, 0.1) is 13.8 Å². The van der Waals surface area contributed by atoms with E-state index in [0.29, 0.717) is 30.2 Å². The van der Waals surface area contributed by atoms with Gasteiger partial charge < -0.3 is 14.4 Å². The molecule has 1 aliphatic rings. The SMILES string of the molecule is CCCN1CCN(S(=O)(=O)c2c(C)oc(C)c2CO)CC1. The van der Waals surface area contributed by atoms with Crippen LogP contribution in [0.15, 0.2) is 9.31 Å². The van der Waals surface area contributed by atoms with Gasteiger partial charge >= 0.3 is 0 Å². The van der Waals surface area contributed by atoms with E-state index in [-0.39, 0.29) is 11.5 Å². The molecular formula is C14H24N2O4S. The highest BCUT2D eigenvalue weighted by Crippen LogP contribution is 2.29. The number of aryl methyl sites for hydroxylation is 2. The summed E-state index contributed by atoms with van der Waals surface area (Å²) in [5.41, 5.74) is 0.378. The molecule has 0 spiro atoms. The van der Waals surface area contributed by atoms with Crippen molar-refractivity contribution in [3.8, 4) is 0 Å². The van der Waals surface area contributed by atoms with Crippen LogP contribution in [0.1, 0.15) is 30.4 Å². The van der Waals surface area contributed by atoms with E-state index in [9.17, 15) is 13.5 Å². The van der Waals surface area contributed by atoms with Gasteiger partial charge in [0.1, 0.15) is 16.4 Å². The Kier molecular flexibility index (Phi) is 5.08. The Hall–Kier alpha value is -0.890. The van der Waals surface area contributed by atoms with E-state index in [0.717, 1.165) is 26.1 Å². The van der Waals surface area contributed by atoms with Crippen molar-refractivity contribution < 1.29 is 17.9 Å². The lowest BCUT2D eigenvalue weighted by Crippen LogP contribution is -2.48. The lowest BCUT2D eigenvalue weighted by molar-refractivity contribution is 0.188. The summed E-state index contributed by atoms with van der Waals surface area (Å²) in [5.74, 6) is 0.825. The second-order valence-electron chi connectivity index (χ2n) is 5.43. The molecule has 0 aliphatic carbocycles. The topological polar surface area (TPSA) is 74.0 Å². The molecule has 2 rings (SSSR count). The third-order valence-electron chi connectivity index (χ3n) is 3.95. The zero-order valence-electron chi connectivity index (χ0n) is 12.9. The average molecular weight is 316 g/mol. The molecule has 2 heterocycles. The largest absolute Gasteiger partial charge is 0.465 e. The lowest BCUT2D eigenvalue weighted by atomic mass is 10.2. The highest BCUT2D eigenvalue weighted by atomic mass is 32.2. The molecule has 0 atom stereocenters. The zero-order valence-corrected chi connectivity index (χ0v) is 13.7. The first kappa shape index (κ1) is 16.5. The van der Waals surface area contributed by atoms with Gasteiger partial charge in [0.25, 0.3) is 0 Å². The molecule has 0 unspecified atom stereocenters. The molecule has 0 bridgehead atoms. The number of aliphatic hydroxyl groups excluding tert-OH is 1. The first-order valence-electron chi connectivity index (χ1n) is 7.34. The van der Waals surface area contributed by atoms with Gasteiger partial charge in [-0.3, -0.25) is 0 Å². The smallest absolute Gasteiger partial charge is 0.247 e. The van der Waals surface area contributed by atoms with E-state index in [1.807, 2.05) is 0 Å². The molecule has 0 radical (unpaired) electrons. The molecule has 1 fully saturated rings. The maximum Gasteiger partial charge on any atom is 0.247 e. The highest BCUT2D eigenvalue weighted by Gasteiger charge is 2.33. The monoisotopic (exact) mass is 316 g/mol. The summed E-state index contributed by atoms with van der Waals surface area (Å²) in [6.45, 7) is 8.56. The van der Waals surface area contributed by atoms with Crippen LogP contribution >= 0.6 is 0 Å².